The van der Waals surface area contributed by atoms with Gasteiger partial charge in [-0.2, -0.15) is 0 Å². The summed E-state index contributed by atoms with van der Waals surface area (Å²) in [6.07, 6.45) is 2.29. The number of nitrogens with zero attached hydrogens (tertiary/aromatic N) is 1. The van der Waals surface area contributed by atoms with Gasteiger partial charge >= 0.3 is 0 Å². The number of piperidine rings is 1. The van der Waals surface area contributed by atoms with Crippen LogP contribution in [0.2, 0.25) is 0 Å². The maximum Gasteiger partial charge on any atom is 0.255 e. The van der Waals surface area contributed by atoms with Gasteiger partial charge in [-0.3, -0.25) is 24.5 Å². The number of amides is 4. The maximum absolute atomic E-state index is 12.8. The molecule has 3 aliphatic rings. The van der Waals surface area contributed by atoms with Crippen LogP contribution in [0.1, 0.15) is 41.6 Å². The third kappa shape index (κ3) is 3.54. The lowest BCUT2D eigenvalue weighted by atomic mass is 10.0. The van der Waals surface area contributed by atoms with Crippen LogP contribution in [0, 0.1) is 0 Å². The molecule has 0 aromatic heterocycles. The Morgan fingerprint density at radius 1 is 1.19 bits per heavy atom. The molecule has 1 unspecified atom stereocenters. The summed E-state index contributed by atoms with van der Waals surface area (Å²) < 4.78 is 0. The molecular formula is C18H21ClN4O4. The summed E-state index contributed by atoms with van der Waals surface area (Å²) >= 11 is 0. The molecule has 2 fully saturated rings. The lowest BCUT2D eigenvalue weighted by Gasteiger charge is -2.29. The van der Waals surface area contributed by atoms with Crippen LogP contribution in [-0.4, -0.2) is 47.2 Å². The Labute approximate surface area is 162 Å². The molecule has 4 rings (SSSR count). The monoisotopic (exact) mass is 392 g/mol. The molecule has 3 heterocycles. The fourth-order valence-electron chi connectivity index (χ4n) is 3.83. The Kier molecular flexibility index (Phi) is 5.48. The second-order valence-corrected chi connectivity index (χ2v) is 6.87. The summed E-state index contributed by atoms with van der Waals surface area (Å²) in [4.78, 5) is 50.1. The van der Waals surface area contributed by atoms with Gasteiger partial charge in [0.05, 0.1) is 6.04 Å². The lowest BCUT2D eigenvalue weighted by Crippen LogP contribution is -2.52. The number of hydrogen-bond donors (Lipinski definition) is 3. The predicted molar refractivity (Wildman–Crippen MR) is 99.4 cm³/mol. The fraction of sp³-hybridized carbons (Fsp3) is 0.444. The molecule has 144 valence electrons. The Balaban J connectivity index is 0.00000210. The molecular weight excluding hydrogens is 372 g/mol. The van der Waals surface area contributed by atoms with E-state index in [1.54, 1.807) is 18.2 Å². The van der Waals surface area contributed by atoms with Crippen molar-refractivity contribution >= 4 is 41.7 Å². The number of carbonyl (C=O) groups is 4. The standard InChI is InChI=1S/C18H20N4O4.ClH/c23-15-7-6-14(17(25)21-15)22-9-11-10(18(22)26)3-1-4-12(11)20-16(24)13-5-2-8-19-13;/h1,3-4,13-14,19H,2,5-9H2,(H,20,24)(H,21,23,25);1H/t13-,14?;/m0./s1. The van der Waals surface area contributed by atoms with E-state index < -0.39 is 11.9 Å². The van der Waals surface area contributed by atoms with Gasteiger partial charge < -0.3 is 15.5 Å². The first-order chi connectivity index (χ1) is 12.5. The highest BCUT2D eigenvalue weighted by Crippen LogP contribution is 2.32. The van der Waals surface area contributed by atoms with Crippen molar-refractivity contribution in [3.8, 4) is 0 Å². The van der Waals surface area contributed by atoms with Gasteiger partial charge in [-0.15, -0.1) is 12.4 Å². The van der Waals surface area contributed by atoms with Crippen molar-refractivity contribution in [3.63, 3.8) is 0 Å². The smallest absolute Gasteiger partial charge is 0.255 e. The Hall–Kier alpha value is -2.45. The normalized spacial score (nSPS) is 24.3. The zero-order valence-corrected chi connectivity index (χ0v) is 15.4. The molecule has 2 atom stereocenters. The van der Waals surface area contributed by atoms with E-state index in [4.69, 9.17) is 0 Å². The van der Waals surface area contributed by atoms with Crippen molar-refractivity contribution < 1.29 is 19.2 Å². The first-order valence-corrected chi connectivity index (χ1v) is 8.85. The van der Waals surface area contributed by atoms with E-state index >= 15 is 0 Å². The van der Waals surface area contributed by atoms with Gasteiger partial charge in [0.25, 0.3) is 5.91 Å². The topological polar surface area (TPSA) is 108 Å². The molecule has 0 bridgehead atoms. The number of rotatable bonds is 3. The highest BCUT2D eigenvalue weighted by atomic mass is 35.5. The molecule has 3 aliphatic heterocycles. The largest absolute Gasteiger partial charge is 0.324 e. The predicted octanol–water partition coefficient (Wildman–Crippen LogP) is 0.560. The Bertz CT molecular complexity index is 807. The van der Waals surface area contributed by atoms with Crippen LogP contribution in [0.4, 0.5) is 5.69 Å². The van der Waals surface area contributed by atoms with Gasteiger partial charge in [0.2, 0.25) is 17.7 Å². The quantitative estimate of drug-likeness (QED) is 0.651. The van der Waals surface area contributed by atoms with Crippen molar-refractivity contribution in [1.29, 1.82) is 0 Å². The van der Waals surface area contributed by atoms with E-state index in [1.807, 2.05) is 0 Å². The van der Waals surface area contributed by atoms with Gasteiger partial charge in [-0.25, -0.2) is 0 Å². The number of imide groups is 1. The van der Waals surface area contributed by atoms with Gasteiger partial charge in [-0.1, -0.05) is 6.07 Å². The van der Waals surface area contributed by atoms with Crippen LogP contribution in [0.15, 0.2) is 18.2 Å². The minimum absolute atomic E-state index is 0. The van der Waals surface area contributed by atoms with E-state index in [0.717, 1.165) is 19.4 Å². The highest BCUT2D eigenvalue weighted by Gasteiger charge is 2.40. The SMILES string of the molecule is Cl.O=C1CCC(N2Cc3c(NC(=O)[C@@H]4CCCN4)cccc3C2=O)C(=O)N1. The maximum atomic E-state index is 12.8. The molecule has 3 N–H and O–H groups in total. The molecule has 1 aromatic rings. The summed E-state index contributed by atoms with van der Waals surface area (Å²) in [5.74, 6) is -1.11. The molecule has 27 heavy (non-hydrogen) atoms. The average molecular weight is 393 g/mol. The van der Waals surface area contributed by atoms with Gasteiger partial charge in [0, 0.05) is 29.8 Å². The van der Waals surface area contributed by atoms with E-state index in [9.17, 15) is 19.2 Å². The van der Waals surface area contributed by atoms with E-state index in [2.05, 4.69) is 16.0 Å². The third-order valence-electron chi connectivity index (χ3n) is 5.22. The van der Waals surface area contributed by atoms with Gasteiger partial charge in [-0.05, 0) is 37.9 Å². The number of nitrogens with one attached hydrogen (secondary N) is 3. The van der Waals surface area contributed by atoms with Crippen molar-refractivity contribution in [2.24, 2.45) is 0 Å². The molecule has 8 nitrogen and oxygen atoms in total. The molecule has 0 spiro atoms. The molecule has 0 aliphatic carbocycles. The first kappa shape index (κ1) is 19.3. The number of anilines is 1. The van der Waals surface area contributed by atoms with Crippen molar-refractivity contribution in [2.45, 2.75) is 44.3 Å². The van der Waals surface area contributed by atoms with Crippen LogP contribution in [0.5, 0.6) is 0 Å². The van der Waals surface area contributed by atoms with Crippen LogP contribution in [0.3, 0.4) is 0 Å². The number of benzene rings is 1. The minimum atomic E-state index is -0.660. The van der Waals surface area contributed by atoms with E-state index in [-0.39, 0.29) is 49.1 Å². The molecule has 0 saturated carbocycles. The number of halogens is 1. The second kappa shape index (κ2) is 7.66. The molecule has 0 radical (unpaired) electrons. The van der Waals surface area contributed by atoms with Crippen molar-refractivity contribution in [3.05, 3.63) is 29.3 Å². The van der Waals surface area contributed by atoms with Crippen LogP contribution < -0.4 is 16.0 Å². The molecule has 4 amide bonds. The third-order valence-corrected chi connectivity index (χ3v) is 5.22. The zero-order valence-electron chi connectivity index (χ0n) is 14.6. The average Bonchev–Trinajstić information content (AvgIpc) is 3.25. The molecule has 9 heteroatoms. The summed E-state index contributed by atoms with van der Waals surface area (Å²) in [5, 5.41) is 8.35. The number of carbonyl (C=O) groups excluding carboxylic acids is 4. The summed E-state index contributed by atoms with van der Waals surface area (Å²) in [5.41, 5.74) is 1.81. The summed E-state index contributed by atoms with van der Waals surface area (Å²) in [7, 11) is 0. The van der Waals surface area contributed by atoms with E-state index in [1.165, 1.54) is 4.90 Å². The number of hydrogen-bond acceptors (Lipinski definition) is 5. The van der Waals surface area contributed by atoms with Gasteiger partial charge in [0.15, 0.2) is 0 Å². The van der Waals surface area contributed by atoms with Crippen LogP contribution >= 0.6 is 12.4 Å². The molecule has 1 aromatic carbocycles. The van der Waals surface area contributed by atoms with E-state index in [0.29, 0.717) is 23.2 Å². The summed E-state index contributed by atoms with van der Waals surface area (Å²) in [6, 6.07) is 4.32. The second-order valence-electron chi connectivity index (χ2n) is 6.87. The Morgan fingerprint density at radius 3 is 2.70 bits per heavy atom. The van der Waals surface area contributed by atoms with Gasteiger partial charge in [0.1, 0.15) is 6.04 Å². The molecule has 2 saturated heterocycles. The Morgan fingerprint density at radius 2 is 2.00 bits per heavy atom. The zero-order chi connectivity index (χ0) is 18.3. The first-order valence-electron chi connectivity index (χ1n) is 8.85. The number of fused-ring (bicyclic) bond motifs is 1. The van der Waals surface area contributed by atoms with Crippen LogP contribution in [-0.2, 0) is 20.9 Å². The lowest BCUT2D eigenvalue weighted by molar-refractivity contribution is -0.137. The highest BCUT2D eigenvalue weighted by molar-refractivity contribution is 6.07. The van der Waals surface area contributed by atoms with Crippen LogP contribution in [0.25, 0.3) is 0 Å². The minimum Gasteiger partial charge on any atom is -0.324 e. The summed E-state index contributed by atoms with van der Waals surface area (Å²) in [6.45, 7) is 1.07. The van der Waals surface area contributed by atoms with Crippen molar-refractivity contribution in [1.82, 2.24) is 15.5 Å². The van der Waals surface area contributed by atoms with Crippen molar-refractivity contribution in [2.75, 3.05) is 11.9 Å². The fourth-order valence-corrected chi connectivity index (χ4v) is 3.83.